The van der Waals surface area contributed by atoms with Crippen LogP contribution in [0, 0.1) is 0 Å². The zero-order valence-electron chi connectivity index (χ0n) is 14.5. The molecule has 2 aromatic carbocycles. The molecular formula is C17H17Cl2N3O4S. The van der Waals surface area contributed by atoms with Gasteiger partial charge in [-0.1, -0.05) is 41.4 Å². The van der Waals surface area contributed by atoms with Gasteiger partial charge in [-0.2, -0.15) is 5.10 Å². The molecule has 0 radical (unpaired) electrons. The van der Waals surface area contributed by atoms with Gasteiger partial charge in [0.1, 0.15) is 12.3 Å². The summed E-state index contributed by atoms with van der Waals surface area (Å²) < 4.78 is 30.4. The van der Waals surface area contributed by atoms with E-state index in [2.05, 4.69) is 10.5 Å². The van der Waals surface area contributed by atoms with Gasteiger partial charge in [0.25, 0.3) is 5.91 Å². The summed E-state index contributed by atoms with van der Waals surface area (Å²) in [7, 11) is -2.32. The Morgan fingerprint density at radius 3 is 2.41 bits per heavy atom. The number of benzene rings is 2. The first kappa shape index (κ1) is 21.0. The fourth-order valence-electron chi connectivity index (χ4n) is 2.19. The van der Waals surface area contributed by atoms with Gasteiger partial charge in [0.2, 0.25) is 10.0 Å². The van der Waals surface area contributed by atoms with Crippen LogP contribution in [0.2, 0.25) is 10.0 Å². The van der Waals surface area contributed by atoms with Crippen molar-refractivity contribution in [1.29, 1.82) is 0 Å². The standard InChI is InChI=1S/C17H17Cl2N3O4S/c1-26-16-9-4-3-8-15(16)22(27(2,24)25)11-17(23)21-20-10-12-13(18)6-5-7-14(12)19/h3-10H,11H2,1-2H3,(H,21,23)/b20-10+. The number of amides is 1. The molecule has 0 saturated heterocycles. The molecule has 0 saturated carbocycles. The predicted molar refractivity (Wildman–Crippen MR) is 107 cm³/mol. The SMILES string of the molecule is COc1ccccc1N(CC(=O)N/N=C/c1c(Cl)cccc1Cl)S(C)(=O)=O. The molecule has 0 aliphatic heterocycles. The predicted octanol–water partition coefficient (Wildman–Crippen LogP) is 2.92. The third-order valence-electron chi connectivity index (χ3n) is 3.42. The third-order valence-corrected chi connectivity index (χ3v) is 5.21. The average molecular weight is 430 g/mol. The molecule has 0 unspecified atom stereocenters. The molecule has 0 atom stereocenters. The molecule has 7 nitrogen and oxygen atoms in total. The van der Waals surface area contributed by atoms with Crippen molar-refractivity contribution in [3.63, 3.8) is 0 Å². The van der Waals surface area contributed by atoms with Crippen LogP contribution in [0.3, 0.4) is 0 Å². The molecule has 0 aliphatic carbocycles. The summed E-state index contributed by atoms with van der Waals surface area (Å²) in [6.07, 6.45) is 2.29. The van der Waals surface area contributed by atoms with Crippen LogP contribution < -0.4 is 14.5 Å². The van der Waals surface area contributed by atoms with E-state index >= 15 is 0 Å². The van der Waals surface area contributed by atoms with Crippen molar-refractivity contribution in [2.45, 2.75) is 0 Å². The molecule has 1 amide bonds. The highest BCUT2D eigenvalue weighted by molar-refractivity contribution is 7.92. The molecule has 0 bridgehead atoms. The fraction of sp³-hybridized carbons (Fsp3) is 0.176. The number of ether oxygens (including phenoxy) is 1. The number of anilines is 1. The minimum absolute atomic E-state index is 0.246. The Bertz CT molecular complexity index is 944. The number of methoxy groups -OCH3 is 1. The molecule has 10 heteroatoms. The van der Waals surface area contributed by atoms with Crippen molar-refractivity contribution in [2.24, 2.45) is 5.10 Å². The van der Waals surface area contributed by atoms with Crippen LogP contribution in [0.25, 0.3) is 0 Å². The molecule has 2 aromatic rings. The van der Waals surface area contributed by atoms with Crippen LogP contribution in [0.1, 0.15) is 5.56 Å². The molecule has 0 aromatic heterocycles. The first-order chi connectivity index (χ1) is 12.7. The largest absolute Gasteiger partial charge is 0.495 e. The van der Waals surface area contributed by atoms with E-state index in [0.717, 1.165) is 10.6 Å². The number of carbonyl (C=O) groups excluding carboxylic acids is 1. The highest BCUT2D eigenvalue weighted by Gasteiger charge is 2.23. The number of sulfonamides is 1. The van der Waals surface area contributed by atoms with E-state index in [9.17, 15) is 13.2 Å². The molecule has 0 spiro atoms. The van der Waals surface area contributed by atoms with E-state index in [-0.39, 0.29) is 5.69 Å². The lowest BCUT2D eigenvalue weighted by atomic mass is 10.2. The fourth-order valence-corrected chi connectivity index (χ4v) is 3.54. The smallest absolute Gasteiger partial charge is 0.260 e. The van der Waals surface area contributed by atoms with Crippen LogP contribution in [-0.4, -0.2) is 40.4 Å². The highest BCUT2D eigenvalue weighted by Crippen LogP contribution is 2.29. The Kier molecular flexibility index (Phi) is 7.06. The van der Waals surface area contributed by atoms with Gasteiger partial charge < -0.3 is 4.74 Å². The molecule has 1 N–H and O–H groups in total. The van der Waals surface area contributed by atoms with E-state index < -0.39 is 22.5 Å². The molecule has 144 valence electrons. The quantitative estimate of drug-likeness (QED) is 0.541. The zero-order chi connectivity index (χ0) is 20.0. The first-order valence-electron chi connectivity index (χ1n) is 7.60. The third kappa shape index (κ3) is 5.59. The Labute approximate surface area is 167 Å². The topological polar surface area (TPSA) is 88.1 Å². The van der Waals surface area contributed by atoms with Crippen LogP contribution in [-0.2, 0) is 14.8 Å². The Morgan fingerprint density at radius 1 is 1.19 bits per heavy atom. The normalized spacial score (nSPS) is 11.4. The summed E-state index contributed by atoms with van der Waals surface area (Å²) in [5.74, 6) is -0.326. The monoisotopic (exact) mass is 429 g/mol. The van der Waals surface area contributed by atoms with Gasteiger partial charge in [-0.15, -0.1) is 0 Å². The Morgan fingerprint density at radius 2 is 1.81 bits per heavy atom. The van der Waals surface area contributed by atoms with Gasteiger partial charge in [-0.3, -0.25) is 9.10 Å². The van der Waals surface area contributed by atoms with Gasteiger partial charge >= 0.3 is 0 Å². The molecule has 0 heterocycles. The second-order valence-electron chi connectivity index (χ2n) is 5.37. The maximum absolute atomic E-state index is 12.2. The summed E-state index contributed by atoms with van der Waals surface area (Å²) >= 11 is 12.0. The van der Waals surface area contributed by atoms with Gasteiger partial charge in [0.05, 0.1) is 35.3 Å². The average Bonchev–Trinajstić information content (AvgIpc) is 2.61. The number of nitrogens with one attached hydrogen (secondary N) is 1. The number of hydrogen-bond acceptors (Lipinski definition) is 5. The number of halogens is 2. The van der Waals surface area contributed by atoms with E-state index in [0.29, 0.717) is 21.4 Å². The van der Waals surface area contributed by atoms with E-state index in [1.54, 1.807) is 42.5 Å². The lowest BCUT2D eigenvalue weighted by molar-refractivity contribution is -0.119. The van der Waals surface area contributed by atoms with Crippen molar-refractivity contribution < 1.29 is 17.9 Å². The second kappa shape index (κ2) is 9.07. The number of hydrazone groups is 1. The van der Waals surface area contributed by atoms with Gasteiger partial charge in [-0.25, -0.2) is 13.8 Å². The van der Waals surface area contributed by atoms with Crippen molar-refractivity contribution in [3.05, 3.63) is 58.1 Å². The maximum Gasteiger partial charge on any atom is 0.260 e. The summed E-state index contributed by atoms with van der Waals surface area (Å²) in [5.41, 5.74) is 2.94. The summed E-state index contributed by atoms with van der Waals surface area (Å²) in [6, 6.07) is 11.4. The summed E-state index contributed by atoms with van der Waals surface area (Å²) in [4.78, 5) is 12.2. The van der Waals surface area contributed by atoms with Crippen LogP contribution >= 0.6 is 23.2 Å². The van der Waals surface area contributed by atoms with Gasteiger partial charge in [-0.05, 0) is 24.3 Å². The number of para-hydroxylation sites is 2. The minimum Gasteiger partial charge on any atom is -0.495 e. The maximum atomic E-state index is 12.2. The first-order valence-corrected chi connectivity index (χ1v) is 10.2. The van der Waals surface area contributed by atoms with Crippen LogP contribution in [0.5, 0.6) is 5.75 Å². The van der Waals surface area contributed by atoms with E-state index in [4.69, 9.17) is 27.9 Å². The Balaban J connectivity index is 2.17. The van der Waals surface area contributed by atoms with Crippen molar-refractivity contribution >= 4 is 51.0 Å². The summed E-state index contributed by atoms with van der Waals surface area (Å²) in [6.45, 7) is -0.479. The second-order valence-corrected chi connectivity index (χ2v) is 8.09. The number of hydrogen-bond donors (Lipinski definition) is 1. The summed E-state index contributed by atoms with van der Waals surface area (Å²) in [5, 5.41) is 4.52. The van der Waals surface area contributed by atoms with E-state index in [1.807, 2.05) is 0 Å². The lowest BCUT2D eigenvalue weighted by Crippen LogP contribution is -2.39. The van der Waals surface area contributed by atoms with E-state index in [1.165, 1.54) is 13.3 Å². The highest BCUT2D eigenvalue weighted by atomic mass is 35.5. The number of carbonyl (C=O) groups is 1. The minimum atomic E-state index is -3.74. The Hall–Kier alpha value is -2.29. The van der Waals surface area contributed by atoms with Crippen LogP contribution in [0.4, 0.5) is 5.69 Å². The number of rotatable bonds is 7. The molecular weight excluding hydrogens is 413 g/mol. The van der Waals surface area contributed by atoms with Crippen molar-refractivity contribution in [2.75, 3.05) is 24.2 Å². The van der Waals surface area contributed by atoms with Gasteiger partial charge in [0, 0.05) is 5.56 Å². The van der Waals surface area contributed by atoms with Crippen molar-refractivity contribution in [3.8, 4) is 5.75 Å². The van der Waals surface area contributed by atoms with Crippen LogP contribution in [0.15, 0.2) is 47.6 Å². The molecule has 0 fully saturated rings. The van der Waals surface area contributed by atoms with Gasteiger partial charge in [0.15, 0.2) is 0 Å². The number of nitrogens with zero attached hydrogens (tertiary/aromatic N) is 2. The van der Waals surface area contributed by atoms with Crippen molar-refractivity contribution in [1.82, 2.24) is 5.43 Å². The lowest BCUT2D eigenvalue weighted by Gasteiger charge is -2.23. The zero-order valence-corrected chi connectivity index (χ0v) is 16.8. The molecule has 2 rings (SSSR count). The molecule has 27 heavy (non-hydrogen) atoms. The molecule has 0 aliphatic rings.